The van der Waals surface area contributed by atoms with E-state index in [9.17, 15) is 8.42 Å². The van der Waals surface area contributed by atoms with Crippen LogP contribution in [0.5, 0.6) is 0 Å². The smallest absolute Gasteiger partial charge is 0.243 e. The van der Waals surface area contributed by atoms with Crippen molar-refractivity contribution in [1.82, 2.24) is 4.31 Å². The van der Waals surface area contributed by atoms with E-state index in [0.29, 0.717) is 18.0 Å². The fraction of sp³-hybridized carbons (Fsp3) is 0.467. The molecule has 114 valence electrons. The van der Waals surface area contributed by atoms with Crippen molar-refractivity contribution in [1.29, 1.82) is 0 Å². The predicted molar refractivity (Wildman–Crippen MR) is 81.2 cm³/mol. The van der Waals surface area contributed by atoms with Gasteiger partial charge in [0.15, 0.2) is 0 Å². The number of rotatable bonds is 3. The maximum atomic E-state index is 12.5. The van der Waals surface area contributed by atoms with Gasteiger partial charge in [0.05, 0.1) is 17.5 Å². The van der Waals surface area contributed by atoms with E-state index < -0.39 is 10.0 Å². The van der Waals surface area contributed by atoms with Gasteiger partial charge in [-0.15, -0.1) is 0 Å². The third-order valence-corrected chi connectivity index (χ3v) is 5.47. The summed E-state index contributed by atoms with van der Waals surface area (Å²) in [6.45, 7) is 1.28. The lowest BCUT2D eigenvalue weighted by Gasteiger charge is -2.30. The zero-order valence-electron chi connectivity index (χ0n) is 12.1. The molecule has 0 bridgehead atoms. The summed E-state index contributed by atoms with van der Waals surface area (Å²) in [6, 6.07) is 6.60. The van der Waals surface area contributed by atoms with Crippen molar-refractivity contribution in [3.8, 4) is 11.8 Å². The third-order valence-electron chi connectivity index (χ3n) is 3.56. The number of piperidine rings is 1. The summed E-state index contributed by atoms with van der Waals surface area (Å²) in [4.78, 5) is 0.302. The van der Waals surface area contributed by atoms with Crippen LogP contribution in [0, 0.1) is 11.8 Å². The molecule has 1 aliphatic rings. The molecule has 1 aliphatic heterocycles. The quantitative estimate of drug-likeness (QED) is 0.838. The topological polar surface area (TPSA) is 72.6 Å². The molecule has 21 heavy (non-hydrogen) atoms. The second-order valence-electron chi connectivity index (χ2n) is 4.87. The van der Waals surface area contributed by atoms with Crippen molar-refractivity contribution in [3.05, 3.63) is 29.8 Å². The molecule has 1 heterocycles. The molecular formula is C15H20N2O3S. The highest BCUT2D eigenvalue weighted by Gasteiger charge is 2.29. The minimum absolute atomic E-state index is 0.158. The number of hydrogen-bond donors (Lipinski definition) is 1. The number of nitrogens with two attached hydrogens (primary N) is 1. The Labute approximate surface area is 126 Å². The van der Waals surface area contributed by atoms with Gasteiger partial charge in [-0.25, -0.2) is 8.42 Å². The van der Waals surface area contributed by atoms with Crippen LogP contribution < -0.4 is 5.73 Å². The lowest BCUT2D eigenvalue weighted by Crippen LogP contribution is -2.40. The minimum Gasteiger partial charge on any atom is -0.381 e. The van der Waals surface area contributed by atoms with E-state index >= 15 is 0 Å². The molecular weight excluding hydrogens is 288 g/mol. The summed E-state index contributed by atoms with van der Waals surface area (Å²) in [7, 11) is -1.76. The van der Waals surface area contributed by atoms with Crippen LogP contribution in [0.3, 0.4) is 0 Å². The summed E-state index contributed by atoms with van der Waals surface area (Å²) in [5.74, 6) is 5.62. The van der Waals surface area contributed by atoms with Crippen LogP contribution in [0.2, 0.25) is 0 Å². The summed E-state index contributed by atoms with van der Waals surface area (Å²) in [5, 5.41) is 0. The van der Waals surface area contributed by atoms with Gasteiger partial charge in [-0.3, -0.25) is 0 Å². The maximum absolute atomic E-state index is 12.5. The molecule has 2 N–H and O–H groups in total. The van der Waals surface area contributed by atoms with Crippen LogP contribution >= 0.6 is 0 Å². The van der Waals surface area contributed by atoms with Crippen LogP contribution in [-0.4, -0.2) is 45.6 Å². The van der Waals surface area contributed by atoms with Crippen molar-refractivity contribution in [2.24, 2.45) is 5.73 Å². The van der Waals surface area contributed by atoms with E-state index in [0.717, 1.165) is 18.4 Å². The highest BCUT2D eigenvalue weighted by atomic mass is 32.2. The number of sulfonamides is 1. The largest absolute Gasteiger partial charge is 0.381 e. The number of ether oxygens (including phenoxy) is 1. The van der Waals surface area contributed by atoms with Gasteiger partial charge in [-0.1, -0.05) is 11.8 Å². The molecule has 0 saturated carbocycles. The average Bonchev–Trinajstić information content (AvgIpc) is 2.53. The molecule has 1 saturated heterocycles. The molecule has 0 radical (unpaired) electrons. The molecule has 5 nitrogen and oxygen atoms in total. The highest BCUT2D eigenvalue weighted by molar-refractivity contribution is 7.89. The van der Waals surface area contributed by atoms with Crippen molar-refractivity contribution in [3.63, 3.8) is 0 Å². The Morgan fingerprint density at radius 1 is 1.29 bits per heavy atom. The minimum atomic E-state index is -3.43. The molecule has 0 spiro atoms. The lowest BCUT2D eigenvalue weighted by molar-refractivity contribution is 0.0604. The number of benzene rings is 1. The Kier molecular flexibility index (Phi) is 5.37. The Bertz CT molecular complexity index is 621. The van der Waals surface area contributed by atoms with Crippen molar-refractivity contribution < 1.29 is 13.2 Å². The summed E-state index contributed by atoms with van der Waals surface area (Å²) < 4.78 is 31.9. The highest BCUT2D eigenvalue weighted by Crippen LogP contribution is 2.22. The summed E-state index contributed by atoms with van der Waals surface area (Å²) >= 11 is 0. The van der Waals surface area contributed by atoms with Gasteiger partial charge in [0, 0.05) is 25.8 Å². The molecule has 6 heteroatoms. The van der Waals surface area contributed by atoms with Crippen molar-refractivity contribution in [2.45, 2.75) is 23.8 Å². The van der Waals surface area contributed by atoms with Gasteiger partial charge in [0.25, 0.3) is 0 Å². The first-order valence-corrected chi connectivity index (χ1v) is 8.34. The fourth-order valence-corrected chi connectivity index (χ4v) is 3.79. The van der Waals surface area contributed by atoms with Crippen LogP contribution in [0.1, 0.15) is 18.4 Å². The van der Waals surface area contributed by atoms with Crippen molar-refractivity contribution in [2.75, 3.05) is 26.7 Å². The molecule has 0 aliphatic carbocycles. The first-order valence-electron chi connectivity index (χ1n) is 6.90. The van der Waals surface area contributed by atoms with Gasteiger partial charge in [0.1, 0.15) is 0 Å². The third kappa shape index (κ3) is 3.83. The first kappa shape index (κ1) is 16.0. The zero-order chi connectivity index (χ0) is 15.3. The van der Waals surface area contributed by atoms with Crippen LogP contribution in [-0.2, 0) is 14.8 Å². The SMILES string of the molecule is COC1CCN(S(=O)(=O)c2ccc(C#CCN)cc2)CC1. The standard InChI is InChI=1S/C15H20N2O3S/c1-20-14-8-11-17(12-9-14)21(18,19)15-6-4-13(5-7-15)3-2-10-16/h4-7,14H,8-12,16H2,1H3. The van der Waals surface area contributed by atoms with Crippen molar-refractivity contribution >= 4 is 10.0 Å². The monoisotopic (exact) mass is 308 g/mol. The van der Waals surface area contributed by atoms with E-state index in [1.807, 2.05) is 0 Å². The normalized spacial score (nSPS) is 17.2. The second kappa shape index (κ2) is 7.05. The maximum Gasteiger partial charge on any atom is 0.243 e. The molecule has 0 atom stereocenters. The average molecular weight is 308 g/mol. The molecule has 0 aromatic heterocycles. The molecule has 0 amide bonds. The van der Waals surface area contributed by atoms with Gasteiger partial charge in [-0.05, 0) is 37.1 Å². The summed E-state index contributed by atoms with van der Waals surface area (Å²) in [6.07, 6.45) is 1.62. The molecule has 1 aromatic carbocycles. The van der Waals surface area contributed by atoms with E-state index in [4.69, 9.17) is 10.5 Å². The van der Waals surface area contributed by atoms with E-state index in [2.05, 4.69) is 11.8 Å². The van der Waals surface area contributed by atoms with Crippen LogP contribution in [0.25, 0.3) is 0 Å². The Hall–Kier alpha value is -1.39. The van der Waals surface area contributed by atoms with Crippen LogP contribution in [0.4, 0.5) is 0 Å². The Morgan fingerprint density at radius 2 is 1.90 bits per heavy atom. The van der Waals surface area contributed by atoms with Gasteiger partial charge < -0.3 is 10.5 Å². The zero-order valence-corrected chi connectivity index (χ0v) is 12.9. The van der Waals surface area contributed by atoms with Crippen LogP contribution in [0.15, 0.2) is 29.2 Å². The lowest BCUT2D eigenvalue weighted by atomic mass is 10.1. The Balaban J connectivity index is 2.13. The molecule has 0 unspecified atom stereocenters. The number of nitrogens with zero attached hydrogens (tertiary/aromatic N) is 1. The van der Waals surface area contributed by atoms with Gasteiger partial charge >= 0.3 is 0 Å². The molecule has 1 aromatic rings. The van der Waals surface area contributed by atoms with Gasteiger partial charge in [-0.2, -0.15) is 4.31 Å². The molecule has 2 rings (SSSR count). The number of methoxy groups -OCH3 is 1. The van der Waals surface area contributed by atoms with E-state index in [1.54, 1.807) is 31.4 Å². The summed E-state index contributed by atoms with van der Waals surface area (Å²) in [5.41, 5.74) is 6.07. The first-order chi connectivity index (χ1) is 10.1. The van der Waals surface area contributed by atoms with Gasteiger partial charge in [0.2, 0.25) is 10.0 Å². The fourth-order valence-electron chi connectivity index (χ4n) is 2.32. The van der Waals surface area contributed by atoms with E-state index in [-0.39, 0.29) is 12.6 Å². The second-order valence-corrected chi connectivity index (χ2v) is 6.81. The Morgan fingerprint density at radius 3 is 2.43 bits per heavy atom. The number of hydrogen-bond acceptors (Lipinski definition) is 4. The van der Waals surface area contributed by atoms with E-state index in [1.165, 1.54) is 4.31 Å². The predicted octanol–water partition coefficient (Wildman–Crippen LogP) is 0.796. The molecule has 1 fully saturated rings.